The summed E-state index contributed by atoms with van der Waals surface area (Å²) < 4.78 is 52.3. The van der Waals surface area contributed by atoms with E-state index in [1.165, 1.54) is 6.20 Å². The number of halogens is 3. The quantitative estimate of drug-likeness (QED) is 0.321. The molecule has 5 heterocycles. The Labute approximate surface area is 223 Å². The lowest BCUT2D eigenvalue weighted by molar-refractivity contribution is -0.111. The molecule has 1 aliphatic carbocycles. The number of allylic oxidation sites excluding steroid dienone is 2. The van der Waals surface area contributed by atoms with E-state index in [9.17, 15) is 8.78 Å². The molecule has 7 nitrogen and oxygen atoms in total. The summed E-state index contributed by atoms with van der Waals surface area (Å²) in [6.45, 7) is 3.69. The van der Waals surface area contributed by atoms with Gasteiger partial charge in [-0.2, -0.15) is 8.78 Å². The lowest BCUT2D eigenvalue weighted by Crippen LogP contribution is -2.60. The third-order valence-electron chi connectivity index (χ3n) is 8.52. The number of hydrogen-bond donors (Lipinski definition) is 1. The maximum Gasteiger partial charge on any atom is 0.314 e. The molecule has 4 aromatic rings. The highest BCUT2D eigenvalue weighted by atomic mass is 19.3. The van der Waals surface area contributed by atoms with Crippen LogP contribution in [0.1, 0.15) is 36.4 Å². The average Bonchev–Trinajstić information content (AvgIpc) is 3.57. The largest absolute Gasteiger partial charge is 0.415 e. The number of rotatable bonds is 7. The summed E-state index contributed by atoms with van der Waals surface area (Å²) in [4.78, 5) is 10.2. The Morgan fingerprint density at radius 1 is 1.05 bits per heavy atom. The summed E-state index contributed by atoms with van der Waals surface area (Å²) in [6.07, 6.45) is 2.53. The molecule has 2 saturated heterocycles. The first-order chi connectivity index (χ1) is 19.0. The Kier molecular flexibility index (Phi) is 6.24. The first-order valence-corrected chi connectivity index (χ1v) is 13.4. The van der Waals surface area contributed by atoms with Crippen molar-refractivity contribution in [2.24, 2.45) is 17.8 Å². The van der Waals surface area contributed by atoms with Gasteiger partial charge in [0.05, 0.1) is 24.8 Å². The second kappa shape index (κ2) is 9.91. The molecule has 3 aromatic heterocycles. The third kappa shape index (κ3) is 4.55. The molecule has 39 heavy (non-hydrogen) atoms. The number of H-pyrrole nitrogens is 1. The molecule has 202 valence electrons. The zero-order valence-corrected chi connectivity index (χ0v) is 21.2. The second-order valence-electron chi connectivity index (χ2n) is 10.9. The molecule has 1 N–H and O–H groups in total. The van der Waals surface area contributed by atoms with Gasteiger partial charge in [0.2, 0.25) is 5.89 Å². The molecule has 2 aliphatic heterocycles. The monoisotopic (exact) mass is 535 g/mol. The van der Waals surface area contributed by atoms with Gasteiger partial charge in [0, 0.05) is 48.0 Å². The number of pyridine rings is 1. The summed E-state index contributed by atoms with van der Waals surface area (Å²) in [6, 6.07) is 12.0. The van der Waals surface area contributed by atoms with Crippen molar-refractivity contribution >= 4 is 16.5 Å². The van der Waals surface area contributed by atoms with Crippen LogP contribution in [0.4, 0.5) is 13.2 Å². The summed E-state index contributed by atoms with van der Waals surface area (Å²) in [5, 5.41) is 8.09. The molecule has 2 fully saturated rings. The standard InChI is InChI=1S/C29H28F3N5O2/c30-26-18(9-20-5-4-16(11-34-20)28-35-36-29(39-28)27(31)32)8-17(19-12-37(13-19)21-14-38-15-21)10-24(26)22-2-1-3-25-23(22)6-7-33-25/h1-7,11,17-19,21,27,33H,8-10,12-15H2. The number of ether oxygens (including phenoxy) is 1. The molecule has 7 rings (SSSR count). The molecular weight excluding hydrogens is 507 g/mol. The lowest BCUT2D eigenvalue weighted by atomic mass is 9.70. The molecular formula is C29H28F3N5O2. The predicted molar refractivity (Wildman–Crippen MR) is 138 cm³/mol. The lowest BCUT2D eigenvalue weighted by Gasteiger charge is -2.51. The fourth-order valence-corrected chi connectivity index (χ4v) is 6.22. The van der Waals surface area contributed by atoms with E-state index in [1.807, 2.05) is 30.5 Å². The molecule has 10 heteroatoms. The van der Waals surface area contributed by atoms with Crippen molar-refractivity contribution in [3.8, 4) is 11.5 Å². The van der Waals surface area contributed by atoms with Crippen molar-refractivity contribution in [2.45, 2.75) is 31.7 Å². The fraction of sp³-hybridized carbons (Fsp3) is 0.414. The van der Waals surface area contributed by atoms with E-state index < -0.39 is 12.3 Å². The van der Waals surface area contributed by atoms with E-state index in [0.29, 0.717) is 29.9 Å². The average molecular weight is 536 g/mol. The molecule has 0 bridgehead atoms. The van der Waals surface area contributed by atoms with E-state index >= 15 is 4.39 Å². The van der Waals surface area contributed by atoms with Gasteiger partial charge in [-0.1, -0.05) is 12.1 Å². The number of benzene rings is 1. The maximum atomic E-state index is 16.3. The highest BCUT2D eigenvalue weighted by molar-refractivity contribution is 5.93. The third-order valence-corrected chi connectivity index (χ3v) is 8.52. The van der Waals surface area contributed by atoms with Crippen LogP contribution in [0, 0.1) is 17.8 Å². The van der Waals surface area contributed by atoms with Crippen LogP contribution in [-0.2, 0) is 11.2 Å². The number of nitrogens with one attached hydrogen (secondary N) is 1. The number of alkyl halides is 2. The van der Waals surface area contributed by atoms with Crippen LogP contribution < -0.4 is 0 Å². The van der Waals surface area contributed by atoms with E-state index in [2.05, 4.69) is 25.1 Å². The zero-order chi connectivity index (χ0) is 26.5. The van der Waals surface area contributed by atoms with Gasteiger partial charge in [-0.15, -0.1) is 10.2 Å². The molecule has 3 aliphatic rings. The summed E-state index contributed by atoms with van der Waals surface area (Å²) >= 11 is 0. The Balaban J connectivity index is 1.15. The molecule has 0 saturated carbocycles. The molecule has 0 radical (unpaired) electrons. The van der Waals surface area contributed by atoms with Gasteiger partial charge in [-0.25, -0.2) is 4.39 Å². The van der Waals surface area contributed by atoms with Crippen molar-refractivity contribution in [1.29, 1.82) is 0 Å². The Morgan fingerprint density at radius 2 is 1.92 bits per heavy atom. The van der Waals surface area contributed by atoms with E-state index in [1.54, 1.807) is 12.1 Å². The summed E-state index contributed by atoms with van der Waals surface area (Å²) in [7, 11) is 0. The zero-order valence-electron chi connectivity index (χ0n) is 21.2. The summed E-state index contributed by atoms with van der Waals surface area (Å²) in [5.74, 6) is -0.186. The van der Waals surface area contributed by atoms with Crippen LogP contribution in [0.2, 0.25) is 0 Å². The van der Waals surface area contributed by atoms with Crippen LogP contribution in [-0.4, -0.2) is 57.4 Å². The van der Waals surface area contributed by atoms with Crippen LogP contribution in [0.5, 0.6) is 0 Å². The predicted octanol–water partition coefficient (Wildman–Crippen LogP) is 5.83. The number of likely N-dealkylation sites (tertiary alicyclic amines) is 1. The highest BCUT2D eigenvalue weighted by Gasteiger charge is 2.43. The van der Waals surface area contributed by atoms with Crippen molar-refractivity contribution in [1.82, 2.24) is 25.1 Å². The topological polar surface area (TPSA) is 80.1 Å². The van der Waals surface area contributed by atoms with Gasteiger partial charge in [0.25, 0.3) is 5.89 Å². The fourth-order valence-electron chi connectivity index (χ4n) is 6.22. The number of hydrogen-bond acceptors (Lipinski definition) is 6. The van der Waals surface area contributed by atoms with Gasteiger partial charge in [-0.05, 0) is 66.5 Å². The molecule has 2 unspecified atom stereocenters. The minimum absolute atomic E-state index is 0.0126. The van der Waals surface area contributed by atoms with Crippen LogP contribution in [0.3, 0.4) is 0 Å². The number of aromatic amines is 1. The van der Waals surface area contributed by atoms with Crippen molar-refractivity contribution in [2.75, 3.05) is 26.3 Å². The SMILES string of the molecule is FC1=C(c2cccc3[nH]ccc23)CC(C2CN(C3COC3)C2)CC1Cc1ccc(-c2nnc(C(F)F)o2)cn1. The Morgan fingerprint density at radius 3 is 2.64 bits per heavy atom. The van der Waals surface area contributed by atoms with Gasteiger partial charge in [0.15, 0.2) is 0 Å². The Bertz CT molecular complexity index is 1500. The number of aromatic nitrogens is 4. The van der Waals surface area contributed by atoms with E-state index in [0.717, 1.165) is 66.9 Å². The van der Waals surface area contributed by atoms with E-state index in [-0.39, 0.29) is 17.6 Å². The van der Waals surface area contributed by atoms with Gasteiger partial charge < -0.3 is 14.1 Å². The minimum atomic E-state index is -2.83. The molecule has 1 aromatic carbocycles. The molecule has 2 atom stereocenters. The first-order valence-electron chi connectivity index (χ1n) is 13.4. The second-order valence-corrected chi connectivity index (χ2v) is 10.9. The van der Waals surface area contributed by atoms with Crippen molar-refractivity contribution in [3.63, 3.8) is 0 Å². The molecule has 0 amide bonds. The van der Waals surface area contributed by atoms with Crippen LogP contribution >= 0.6 is 0 Å². The minimum Gasteiger partial charge on any atom is -0.415 e. The van der Waals surface area contributed by atoms with Gasteiger partial charge in [-0.3, -0.25) is 9.88 Å². The normalized spacial score (nSPS) is 23.0. The maximum absolute atomic E-state index is 16.3. The van der Waals surface area contributed by atoms with Crippen molar-refractivity contribution < 1.29 is 22.3 Å². The smallest absolute Gasteiger partial charge is 0.314 e. The van der Waals surface area contributed by atoms with Gasteiger partial charge in [0.1, 0.15) is 5.83 Å². The number of fused-ring (bicyclic) bond motifs is 1. The van der Waals surface area contributed by atoms with Crippen molar-refractivity contribution in [3.05, 3.63) is 71.8 Å². The van der Waals surface area contributed by atoms with Crippen LogP contribution in [0.15, 0.2) is 59.0 Å². The molecule has 0 spiro atoms. The first kappa shape index (κ1) is 24.5. The van der Waals surface area contributed by atoms with Crippen LogP contribution in [0.25, 0.3) is 27.9 Å². The van der Waals surface area contributed by atoms with Gasteiger partial charge >= 0.3 is 6.43 Å². The Hall–Kier alpha value is -3.50. The summed E-state index contributed by atoms with van der Waals surface area (Å²) in [5.41, 5.74) is 3.94. The van der Waals surface area contributed by atoms with E-state index in [4.69, 9.17) is 9.15 Å². The highest BCUT2D eigenvalue weighted by Crippen LogP contribution is 2.47. The number of nitrogens with zero attached hydrogens (tertiary/aromatic N) is 4.